The molecule has 1 saturated heterocycles. The van der Waals surface area contributed by atoms with Crippen molar-refractivity contribution in [2.75, 3.05) is 6.61 Å². The Labute approximate surface area is 92.9 Å². The van der Waals surface area contributed by atoms with Crippen LogP contribution in [0.3, 0.4) is 0 Å². The molecule has 0 aliphatic carbocycles. The Hall–Kier alpha value is -1.69. The monoisotopic (exact) mass is 219 g/mol. The topological polar surface area (TPSA) is 57.8 Å². The standard InChI is InChI=1S/C10H13N5O/c1-2-4-16-10(3-1)15-6-9(5-13-15)14-7-11-12-8-14/h5-8,10H,1-4H2. The molecule has 16 heavy (non-hydrogen) atoms. The van der Waals surface area contributed by atoms with Gasteiger partial charge in [0.25, 0.3) is 0 Å². The van der Waals surface area contributed by atoms with Crippen LogP contribution in [-0.2, 0) is 4.74 Å². The average molecular weight is 219 g/mol. The number of ether oxygens (including phenoxy) is 1. The van der Waals surface area contributed by atoms with Crippen molar-refractivity contribution in [2.24, 2.45) is 0 Å². The summed E-state index contributed by atoms with van der Waals surface area (Å²) in [4.78, 5) is 0. The fraction of sp³-hybridized carbons (Fsp3) is 0.500. The lowest BCUT2D eigenvalue weighted by Gasteiger charge is -2.22. The first-order valence-corrected chi connectivity index (χ1v) is 5.44. The Morgan fingerprint density at radius 2 is 2.12 bits per heavy atom. The fourth-order valence-corrected chi connectivity index (χ4v) is 1.89. The van der Waals surface area contributed by atoms with Gasteiger partial charge >= 0.3 is 0 Å². The minimum atomic E-state index is 0.0824. The first-order chi connectivity index (χ1) is 7.93. The third kappa shape index (κ3) is 1.71. The second kappa shape index (κ2) is 4.05. The van der Waals surface area contributed by atoms with Crippen molar-refractivity contribution in [1.82, 2.24) is 24.5 Å². The summed E-state index contributed by atoms with van der Waals surface area (Å²) in [5.74, 6) is 0. The molecule has 0 amide bonds. The molecule has 1 fully saturated rings. The second-order valence-electron chi connectivity index (χ2n) is 3.87. The zero-order valence-electron chi connectivity index (χ0n) is 8.86. The van der Waals surface area contributed by atoms with Crippen LogP contribution in [0, 0.1) is 0 Å². The minimum Gasteiger partial charge on any atom is -0.357 e. The van der Waals surface area contributed by atoms with E-state index >= 15 is 0 Å². The van der Waals surface area contributed by atoms with E-state index < -0.39 is 0 Å². The molecule has 3 rings (SSSR count). The van der Waals surface area contributed by atoms with Crippen molar-refractivity contribution in [2.45, 2.75) is 25.5 Å². The van der Waals surface area contributed by atoms with Gasteiger partial charge < -0.3 is 4.74 Å². The maximum Gasteiger partial charge on any atom is 0.150 e. The highest BCUT2D eigenvalue weighted by atomic mass is 16.5. The van der Waals surface area contributed by atoms with Crippen LogP contribution in [0.4, 0.5) is 0 Å². The number of nitrogens with zero attached hydrogens (tertiary/aromatic N) is 5. The summed E-state index contributed by atoms with van der Waals surface area (Å²) in [6, 6.07) is 0. The Kier molecular flexibility index (Phi) is 2.41. The Balaban J connectivity index is 1.82. The van der Waals surface area contributed by atoms with Gasteiger partial charge in [0.05, 0.1) is 18.1 Å². The lowest BCUT2D eigenvalue weighted by Crippen LogP contribution is -2.18. The van der Waals surface area contributed by atoms with E-state index in [1.165, 1.54) is 6.42 Å². The summed E-state index contributed by atoms with van der Waals surface area (Å²) in [5, 5.41) is 11.8. The van der Waals surface area contributed by atoms with Gasteiger partial charge in [0.2, 0.25) is 0 Å². The molecule has 6 nitrogen and oxygen atoms in total. The lowest BCUT2D eigenvalue weighted by molar-refractivity contribution is -0.0394. The highest BCUT2D eigenvalue weighted by molar-refractivity contribution is 5.23. The molecule has 3 heterocycles. The normalized spacial score (nSPS) is 21.1. The average Bonchev–Trinajstić information content (AvgIpc) is 3.01. The smallest absolute Gasteiger partial charge is 0.150 e. The van der Waals surface area contributed by atoms with Gasteiger partial charge in [-0.25, -0.2) is 4.68 Å². The first kappa shape index (κ1) is 9.53. The van der Waals surface area contributed by atoms with E-state index in [-0.39, 0.29) is 6.23 Å². The van der Waals surface area contributed by atoms with E-state index in [2.05, 4.69) is 15.3 Å². The van der Waals surface area contributed by atoms with Crippen LogP contribution in [0.2, 0.25) is 0 Å². The van der Waals surface area contributed by atoms with Crippen molar-refractivity contribution >= 4 is 0 Å². The quantitative estimate of drug-likeness (QED) is 0.760. The Bertz CT molecular complexity index is 443. The predicted octanol–water partition coefficient (Wildman–Crippen LogP) is 1.16. The maximum absolute atomic E-state index is 5.65. The molecule has 0 spiro atoms. The molecule has 1 aliphatic heterocycles. The molecule has 1 atom stereocenters. The first-order valence-electron chi connectivity index (χ1n) is 5.44. The molecule has 0 saturated carbocycles. The number of aromatic nitrogens is 5. The van der Waals surface area contributed by atoms with E-state index in [1.54, 1.807) is 18.9 Å². The molecule has 2 aromatic rings. The lowest BCUT2D eigenvalue weighted by atomic mass is 10.2. The molecule has 2 aromatic heterocycles. The Morgan fingerprint density at radius 3 is 2.88 bits per heavy atom. The fourth-order valence-electron chi connectivity index (χ4n) is 1.89. The van der Waals surface area contributed by atoms with Crippen LogP contribution in [0.5, 0.6) is 0 Å². The molecule has 6 heteroatoms. The van der Waals surface area contributed by atoms with Crippen molar-refractivity contribution in [3.63, 3.8) is 0 Å². The van der Waals surface area contributed by atoms with Gasteiger partial charge in [-0.3, -0.25) is 4.57 Å². The summed E-state index contributed by atoms with van der Waals surface area (Å²) in [5.41, 5.74) is 0.958. The highest BCUT2D eigenvalue weighted by Gasteiger charge is 2.16. The molecule has 1 unspecified atom stereocenters. The van der Waals surface area contributed by atoms with Crippen molar-refractivity contribution in [1.29, 1.82) is 0 Å². The molecule has 1 aliphatic rings. The van der Waals surface area contributed by atoms with Gasteiger partial charge in [-0.05, 0) is 19.3 Å². The molecule has 0 bridgehead atoms. The summed E-state index contributed by atoms with van der Waals surface area (Å²) in [6.07, 6.45) is 10.5. The van der Waals surface area contributed by atoms with Crippen LogP contribution < -0.4 is 0 Å². The molecule has 84 valence electrons. The third-order valence-corrected chi connectivity index (χ3v) is 2.76. The summed E-state index contributed by atoms with van der Waals surface area (Å²) < 4.78 is 9.35. The van der Waals surface area contributed by atoms with Crippen molar-refractivity contribution < 1.29 is 4.74 Å². The summed E-state index contributed by atoms with van der Waals surface area (Å²) >= 11 is 0. The van der Waals surface area contributed by atoms with Gasteiger partial charge in [-0.15, -0.1) is 10.2 Å². The summed E-state index contributed by atoms with van der Waals surface area (Å²) in [6.45, 7) is 0.826. The van der Waals surface area contributed by atoms with E-state index in [9.17, 15) is 0 Å². The predicted molar refractivity (Wildman–Crippen MR) is 56.0 cm³/mol. The molecular formula is C10H13N5O. The second-order valence-corrected chi connectivity index (χ2v) is 3.87. The minimum absolute atomic E-state index is 0.0824. The van der Waals surface area contributed by atoms with Gasteiger partial charge in [0, 0.05) is 6.61 Å². The van der Waals surface area contributed by atoms with Crippen LogP contribution >= 0.6 is 0 Å². The Morgan fingerprint density at radius 1 is 1.25 bits per heavy atom. The molecular weight excluding hydrogens is 206 g/mol. The summed E-state index contributed by atoms with van der Waals surface area (Å²) in [7, 11) is 0. The van der Waals surface area contributed by atoms with E-state index in [1.807, 2.05) is 15.4 Å². The van der Waals surface area contributed by atoms with Crippen molar-refractivity contribution in [3.8, 4) is 5.69 Å². The molecule has 0 aromatic carbocycles. The van der Waals surface area contributed by atoms with E-state index in [0.717, 1.165) is 25.1 Å². The zero-order chi connectivity index (χ0) is 10.8. The number of rotatable bonds is 2. The van der Waals surface area contributed by atoms with Crippen molar-refractivity contribution in [3.05, 3.63) is 25.0 Å². The maximum atomic E-state index is 5.65. The van der Waals surface area contributed by atoms with E-state index in [0.29, 0.717) is 0 Å². The third-order valence-electron chi connectivity index (χ3n) is 2.76. The SMILES string of the molecule is c1nn(C2CCCCO2)cc1-n1cnnc1. The highest BCUT2D eigenvalue weighted by Crippen LogP contribution is 2.22. The van der Waals surface area contributed by atoms with Crippen LogP contribution in [0.1, 0.15) is 25.5 Å². The van der Waals surface area contributed by atoms with Crippen LogP contribution in [0.25, 0.3) is 5.69 Å². The molecule has 0 N–H and O–H groups in total. The van der Waals surface area contributed by atoms with Crippen LogP contribution in [0.15, 0.2) is 25.0 Å². The van der Waals surface area contributed by atoms with E-state index in [4.69, 9.17) is 4.74 Å². The van der Waals surface area contributed by atoms with Crippen LogP contribution in [-0.4, -0.2) is 31.2 Å². The largest absolute Gasteiger partial charge is 0.357 e. The zero-order valence-corrected chi connectivity index (χ0v) is 8.86. The van der Waals surface area contributed by atoms with Gasteiger partial charge in [-0.1, -0.05) is 0 Å². The number of hydrogen-bond acceptors (Lipinski definition) is 4. The van der Waals surface area contributed by atoms with Gasteiger partial charge in [0.15, 0.2) is 0 Å². The number of hydrogen-bond donors (Lipinski definition) is 0. The molecule has 0 radical (unpaired) electrons. The van der Waals surface area contributed by atoms with Gasteiger partial charge in [-0.2, -0.15) is 5.10 Å². The van der Waals surface area contributed by atoms with Gasteiger partial charge in [0.1, 0.15) is 18.9 Å².